The summed E-state index contributed by atoms with van der Waals surface area (Å²) in [5.74, 6) is -0.212. The van der Waals surface area contributed by atoms with Crippen molar-refractivity contribution < 1.29 is 14.3 Å². The Morgan fingerprint density at radius 3 is 2.83 bits per heavy atom. The van der Waals surface area contributed by atoms with Gasteiger partial charge in [0.2, 0.25) is 5.91 Å². The number of methoxy groups -OCH3 is 1. The van der Waals surface area contributed by atoms with Gasteiger partial charge in [-0.05, 0) is 31.9 Å². The molecule has 23 heavy (non-hydrogen) atoms. The molecule has 0 bridgehead atoms. The van der Waals surface area contributed by atoms with Crippen LogP contribution in [0.5, 0.6) is 0 Å². The van der Waals surface area contributed by atoms with Gasteiger partial charge < -0.3 is 14.6 Å². The topological polar surface area (TPSA) is 73.2 Å². The van der Waals surface area contributed by atoms with Gasteiger partial charge in [-0.1, -0.05) is 18.6 Å². The summed E-state index contributed by atoms with van der Waals surface area (Å²) in [5, 5.41) is 2.93. The second kappa shape index (κ2) is 8.31. The molecule has 1 amide bonds. The number of nitrogens with one attached hydrogen (secondary N) is 1. The van der Waals surface area contributed by atoms with E-state index in [1.165, 1.54) is 7.11 Å². The van der Waals surface area contributed by atoms with Crippen molar-refractivity contribution in [3.63, 3.8) is 0 Å². The Balaban J connectivity index is 1.76. The van der Waals surface area contributed by atoms with E-state index in [1.807, 2.05) is 35.8 Å². The highest BCUT2D eigenvalue weighted by Gasteiger charge is 2.16. The van der Waals surface area contributed by atoms with E-state index in [2.05, 4.69) is 15.0 Å². The maximum absolute atomic E-state index is 12.2. The smallest absolute Gasteiger partial charge is 0.305 e. The average molecular weight is 317 g/mol. The number of hydrogen-bond acceptors (Lipinski definition) is 4. The van der Waals surface area contributed by atoms with E-state index in [0.717, 1.165) is 30.3 Å². The average Bonchev–Trinajstić information content (AvgIpc) is 3.00. The number of ether oxygens (including phenoxy) is 1. The Kier molecular flexibility index (Phi) is 6.14. The highest BCUT2D eigenvalue weighted by molar-refractivity contribution is 5.83. The van der Waals surface area contributed by atoms with Gasteiger partial charge in [0.05, 0.1) is 24.5 Å². The summed E-state index contributed by atoms with van der Waals surface area (Å²) in [6, 6.07) is 7.44. The first-order valence-corrected chi connectivity index (χ1v) is 7.89. The molecule has 0 spiro atoms. The molecule has 0 aliphatic rings. The maximum Gasteiger partial charge on any atom is 0.305 e. The molecular formula is C17H23N3O3. The van der Waals surface area contributed by atoms with Crippen molar-refractivity contribution in [2.24, 2.45) is 0 Å². The van der Waals surface area contributed by atoms with Gasteiger partial charge in [-0.25, -0.2) is 4.98 Å². The van der Waals surface area contributed by atoms with Crippen LogP contribution >= 0.6 is 0 Å². The number of carbonyl (C=O) groups is 2. The lowest BCUT2D eigenvalue weighted by molar-refractivity contribution is -0.140. The number of fused-ring (bicyclic) bond motifs is 1. The maximum atomic E-state index is 12.2. The van der Waals surface area contributed by atoms with Crippen molar-refractivity contribution in [3.05, 3.63) is 30.6 Å². The molecule has 1 unspecified atom stereocenters. The van der Waals surface area contributed by atoms with Crippen LogP contribution in [-0.4, -0.2) is 35.1 Å². The van der Waals surface area contributed by atoms with Gasteiger partial charge in [0.25, 0.3) is 0 Å². The van der Waals surface area contributed by atoms with E-state index in [9.17, 15) is 9.59 Å². The first-order chi connectivity index (χ1) is 11.1. The number of amides is 1. The van der Waals surface area contributed by atoms with Crippen LogP contribution in [0, 0.1) is 0 Å². The molecule has 124 valence electrons. The monoisotopic (exact) mass is 317 g/mol. The van der Waals surface area contributed by atoms with Crippen LogP contribution in [0.3, 0.4) is 0 Å². The SMILES string of the molecule is COC(=O)CCCCCNC(=O)C(C)n1cnc2ccccc21. The standard InChI is InChI=1S/C17H23N3O3/c1-13(20-12-19-14-8-5-6-9-15(14)20)17(22)18-11-7-3-4-10-16(21)23-2/h5-6,8-9,12-13H,3-4,7,10-11H2,1-2H3,(H,18,22). The third-order valence-electron chi connectivity index (χ3n) is 3.86. The third-order valence-corrected chi connectivity index (χ3v) is 3.86. The highest BCUT2D eigenvalue weighted by Crippen LogP contribution is 2.17. The fourth-order valence-corrected chi connectivity index (χ4v) is 2.45. The van der Waals surface area contributed by atoms with Crippen molar-refractivity contribution in [1.29, 1.82) is 0 Å². The molecule has 0 aliphatic heterocycles. The quantitative estimate of drug-likeness (QED) is 0.599. The molecule has 1 heterocycles. The number of para-hydroxylation sites is 2. The first-order valence-electron chi connectivity index (χ1n) is 7.89. The van der Waals surface area contributed by atoms with Gasteiger partial charge >= 0.3 is 5.97 Å². The number of unbranched alkanes of at least 4 members (excludes halogenated alkanes) is 2. The van der Waals surface area contributed by atoms with Crippen molar-refractivity contribution in [2.45, 2.75) is 38.6 Å². The Morgan fingerprint density at radius 2 is 2.04 bits per heavy atom. The number of hydrogen-bond donors (Lipinski definition) is 1. The van der Waals surface area contributed by atoms with E-state index in [0.29, 0.717) is 13.0 Å². The lowest BCUT2D eigenvalue weighted by Crippen LogP contribution is -2.31. The van der Waals surface area contributed by atoms with Crippen LogP contribution in [0.2, 0.25) is 0 Å². The number of benzene rings is 1. The van der Waals surface area contributed by atoms with E-state index in [1.54, 1.807) is 6.33 Å². The molecule has 6 heteroatoms. The number of esters is 1. The minimum atomic E-state index is -0.308. The Labute approximate surface area is 135 Å². The van der Waals surface area contributed by atoms with Crippen molar-refractivity contribution in [3.8, 4) is 0 Å². The Bertz CT molecular complexity index is 666. The lowest BCUT2D eigenvalue weighted by Gasteiger charge is -2.14. The Morgan fingerprint density at radius 1 is 1.26 bits per heavy atom. The first kappa shape index (κ1) is 17.0. The molecule has 6 nitrogen and oxygen atoms in total. The normalized spacial score (nSPS) is 12.1. The molecule has 0 radical (unpaired) electrons. The molecule has 1 aromatic carbocycles. The third kappa shape index (κ3) is 4.55. The summed E-state index contributed by atoms with van der Waals surface area (Å²) in [6.45, 7) is 2.47. The predicted octanol–water partition coefficient (Wildman–Crippen LogP) is 2.45. The molecule has 2 aromatic rings. The second-order valence-corrected chi connectivity index (χ2v) is 5.49. The van der Waals surface area contributed by atoms with Crippen molar-refractivity contribution >= 4 is 22.9 Å². The summed E-state index contributed by atoms with van der Waals surface area (Å²) < 4.78 is 6.46. The van der Waals surface area contributed by atoms with E-state index < -0.39 is 0 Å². The van der Waals surface area contributed by atoms with Gasteiger partial charge in [-0.15, -0.1) is 0 Å². The molecule has 1 N–H and O–H groups in total. The van der Waals surface area contributed by atoms with Gasteiger partial charge in [0, 0.05) is 13.0 Å². The van der Waals surface area contributed by atoms with E-state index in [-0.39, 0.29) is 17.9 Å². The van der Waals surface area contributed by atoms with Gasteiger partial charge in [-0.2, -0.15) is 0 Å². The number of rotatable bonds is 8. The molecule has 1 atom stereocenters. The van der Waals surface area contributed by atoms with Gasteiger partial charge in [0.1, 0.15) is 6.04 Å². The fraction of sp³-hybridized carbons (Fsp3) is 0.471. The molecular weight excluding hydrogens is 294 g/mol. The van der Waals surface area contributed by atoms with Crippen molar-refractivity contribution in [2.75, 3.05) is 13.7 Å². The number of nitrogens with zero attached hydrogens (tertiary/aromatic N) is 2. The van der Waals surface area contributed by atoms with Gasteiger partial charge in [0.15, 0.2) is 0 Å². The van der Waals surface area contributed by atoms with Crippen LogP contribution in [-0.2, 0) is 14.3 Å². The van der Waals surface area contributed by atoms with Crippen molar-refractivity contribution in [1.82, 2.24) is 14.9 Å². The van der Waals surface area contributed by atoms with Crippen LogP contribution in [0.1, 0.15) is 38.6 Å². The molecule has 1 aromatic heterocycles. The summed E-state index contributed by atoms with van der Waals surface area (Å²) in [7, 11) is 1.39. The molecule has 0 aliphatic carbocycles. The fourth-order valence-electron chi connectivity index (χ4n) is 2.45. The number of aromatic nitrogens is 2. The van der Waals surface area contributed by atoms with Crippen LogP contribution < -0.4 is 5.32 Å². The zero-order valence-electron chi connectivity index (χ0n) is 13.6. The highest BCUT2D eigenvalue weighted by atomic mass is 16.5. The summed E-state index contributed by atoms with van der Waals surface area (Å²) >= 11 is 0. The molecule has 2 rings (SSSR count). The Hall–Kier alpha value is -2.37. The number of carbonyl (C=O) groups excluding carboxylic acids is 2. The molecule has 0 fully saturated rings. The van der Waals surface area contributed by atoms with Gasteiger partial charge in [-0.3, -0.25) is 9.59 Å². The van der Waals surface area contributed by atoms with Crippen LogP contribution in [0.15, 0.2) is 30.6 Å². The largest absolute Gasteiger partial charge is 0.469 e. The van der Waals surface area contributed by atoms with Crippen LogP contribution in [0.25, 0.3) is 11.0 Å². The van der Waals surface area contributed by atoms with Crippen LogP contribution in [0.4, 0.5) is 0 Å². The summed E-state index contributed by atoms with van der Waals surface area (Å²) in [5.41, 5.74) is 1.84. The molecule has 0 saturated heterocycles. The second-order valence-electron chi connectivity index (χ2n) is 5.49. The number of imidazole rings is 1. The van der Waals surface area contributed by atoms with E-state index >= 15 is 0 Å². The zero-order chi connectivity index (χ0) is 16.7. The van der Waals surface area contributed by atoms with E-state index in [4.69, 9.17) is 0 Å². The minimum absolute atomic E-state index is 0.0267. The zero-order valence-corrected chi connectivity index (χ0v) is 13.6. The summed E-state index contributed by atoms with van der Waals surface area (Å²) in [6.07, 6.45) is 4.65. The lowest BCUT2D eigenvalue weighted by atomic mass is 10.2. The predicted molar refractivity (Wildman–Crippen MR) is 87.9 cm³/mol. The minimum Gasteiger partial charge on any atom is -0.469 e. The summed E-state index contributed by atoms with van der Waals surface area (Å²) in [4.78, 5) is 27.5. The molecule has 0 saturated carbocycles.